The monoisotopic (exact) mass is 333 g/mol. The number of aromatic nitrogens is 1. The van der Waals surface area contributed by atoms with Crippen LogP contribution in [0.3, 0.4) is 0 Å². The molecule has 2 amide bonds. The van der Waals surface area contributed by atoms with E-state index in [4.69, 9.17) is 0 Å². The molecule has 2 N–H and O–H groups in total. The van der Waals surface area contributed by atoms with Crippen molar-refractivity contribution >= 4 is 17.5 Å². The van der Waals surface area contributed by atoms with Gasteiger partial charge in [-0.3, -0.25) is 14.4 Å². The van der Waals surface area contributed by atoms with Crippen molar-refractivity contribution in [2.75, 3.05) is 11.4 Å². The minimum Gasteiger partial charge on any atom is -0.347 e. The molecule has 3 rings (SSSR count). The van der Waals surface area contributed by atoms with Crippen LogP contribution in [0.5, 0.6) is 0 Å². The first-order valence-corrected chi connectivity index (χ1v) is 7.19. The normalized spacial score (nSPS) is 17.2. The number of H-pyrrole nitrogens is 1. The van der Waals surface area contributed by atoms with E-state index in [0.717, 1.165) is 23.1 Å². The van der Waals surface area contributed by atoms with E-state index in [9.17, 15) is 23.2 Å². The van der Waals surface area contributed by atoms with Crippen LogP contribution in [-0.4, -0.2) is 29.4 Å². The summed E-state index contributed by atoms with van der Waals surface area (Å²) in [6.07, 6.45) is 1.25. The number of carbonyl (C=O) groups excluding carboxylic acids is 2. The summed E-state index contributed by atoms with van der Waals surface area (Å²) >= 11 is 0. The summed E-state index contributed by atoms with van der Waals surface area (Å²) < 4.78 is 27.6. The quantitative estimate of drug-likeness (QED) is 0.885. The second kappa shape index (κ2) is 6.23. The highest BCUT2D eigenvalue weighted by Crippen LogP contribution is 2.27. The highest BCUT2D eigenvalue weighted by atomic mass is 19.1. The van der Waals surface area contributed by atoms with Crippen molar-refractivity contribution in [3.63, 3.8) is 0 Å². The van der Waals surface area contributed by atoms with Gasteiger partial charge in [-0.05, 0) is 18.2 Å². The maximum absolute atomic E-state index is 13.8. The van der Waals surface area contributed by atoms with Gasteiger partial charge in [-0.25, -0.2) is 8.78 Å². The number of hydrogen-bond donors (Lipinski definition) is 2. The summed E-state index contributed by atoms with van der Waals surface area (Å²) in [6.45, 7) is -0.0500. The van der Waals surface area contributed by atoms with Gasteiger partial charge in [0, 0.05) is 30.8 Å². The van der Waals surface area contributed by atoms with Crippen LogP contribution in [0.4, 0.5) is 14.5 Å². The Morgan fingerprint density at radius 2 is 1.92 bits per heavy atom. The van der Waals surface area contributed by atoms with Gasteiger partial charge in [-0.1, -0.05) is 6.07 Å². The second-order valence-corrected chi connectivity index (χ2v) is 5.39. The third-order valence-corrected chi connectivity index (χ3v) is 3.70. The molecule has 0 aliphatic carbocycles. The predicted octanol–water partition coefficient (Wildman–Crippen LogP) is 1.19. The van der Waals surface area contributed by atoms with E-state index in [1.54, 1.807) is 0 Å². The standard InChI is InChI=1S/C16H13F2N3O3/c17-11-2-1-3-12(18)15(11)21-8-10(7-14(21)23)20-16(24)9-4-5-19-13(22)6-9/h1-6,10H,7-8H2,(H,19,22)(H,20,24)/t10-/m0/s1. The van der Waals surface area contributed by atoms with Crippen molar-refractivity contribution in [3.8, 4) is 0 Å². The topological polar surface area (TPSA) is 82.3 Å². The molecule has 2 aromatic rings. The number of aromatic amines is 1. The fraction of sp³-hybridized carbons (Fsp3) is 0.188. The molecule has 1 fully saturated rings. The van der Waals surface area contributed by atoms with Gasteiger partial charge in [-0.2, -0.15) is 0 Å². The molecule has 1 aromatic heterocycles. The number of benzene rings is 1. The molecule has 1 atom stereocenters. The molecule has 2 heterocycles. The Balaban J connectivity index is 1.76. The van der Waals surface area contributed by atoms with Crippen molar-refractivity contribution < 1.29 is 18.4 Å². The third kappa shape index (κ3) is 3.03. The number of rotatable bonds is 3. The lowest BCUT2D eigenvalue weighted by Gasteiger charge is -2.18. The molecular formula is C16H13F2N3O3. The molecule has 124 valence electrons. The average molecular weight is 333 g/mol. The Bertz CT molecular complexity index is 845. The minimum atomic E-state index is -0.843. The van der Waals surface area contributed by atoms with Gasteiger partial charge in [0.05, 0.1) is 6.04 Å². The van der Waals surface area contributed by atoms with Crippen molar-refractivity contribution in [2.24, 2.45) is 0 Å². The van der Waals surface area contributed by atoms with Crippen molar-refractivity contribution in [1.82, 2.24) is 10.3 Å². The fourth-order valence-corrected chi connectivity index (χ4v) is 2.62. The summed E-state index contributed by atoms with van der Waals surface area (Å²) in [6, 6.07) is 5.27. The number of amides is 2. The number of nitrogens with zero attached hydrogens (tertiary/aromatic N) is 1. The van der Waals surface area contributed by atoms with Crippen LogP contribution >= 0.6 is 0 Å². The molecule has 1 aliphatic heterocycles. The number of para-hydroxylation sites is 1. The lowest BCUT2D eigenvalue weighted by molar-refractivity contribution is -0.117. The zero-order chi connectivity index (χ0) is 17.3. The summed E-state index contributed by atoms with van der Waals surface area (Å²) in [4.78, 5) is 38.7. The molecule has 6 nitrogen and oxygen atoms in total. The molecule has 0 unspecified atom stereocenters. The first-order chi connectivity index (χ1) is 11.5. The van der Waals surface area contributed by atoms with E-state index in [1.807, 2.05) is 0 Å². The Morgan fingerprint density at radius 1 is 1.21 bits per heavy atom. The summed E-state index contributed by atoms with van der Waals surface area (Å²) in [5.41, 5.74) is -0.711. The molecule has 1 aromatic carbocycles. The Kier molecular flexibility index (Phi) is 4.11. The molecule has 24 heavy (non-hydrogen) atoms. The summed E-state index contributed by atoms with van der Waals surface area (Å²) in [5, 5.41) is 2.59. The Labute approximate surface area is 135 Å². The van der Waals surface area contributed by atoms with E-state index >= 15 is 0 Å². The van der Waals surface area contributed by atoms with Crippen LogP contribution in [-0.2, 0) is 4.79 Å². The van der Waals surface area contributed by atoms with E-state index in [-0.39, 0.29) is 18.5 Å². The molecule has 1 saturated heterocycles. The highest BCUT2D eigenvalue weighted by Gasteiger charge is 2.34. The average Bonchev–Trinajstić information content (AvgIpc) is 2.87. The van der Waals surface area contributed by atoms with Gasteiger partial charge in [0.15, 0.2) is 0 Å². The smallest absolute Gasteiger partial charge is 0.251 e. The number of hydrogen-bond acceptors (Lipinski definition) is 3. The van der Waals surface area contributed by atoms with Crippen LogP contribution in [0, 0.1) is 11.6 Å². The van der Waals surface area contributed by atoms with Crippen molar-refractivity contribution in [2.45, 2.75) is 12.5 Å². The Hall–Kier alpha value is -3.03. The molecule has 0 saturated carbocycles. The predicted molar refractivity (Wildman–Crippen MR) is 81.6 cm³/mol. The van der Waals surface area contributed by atoms with Crippen LogP contribution in [0.25, 0.3) is 0 Å². The van der Waals surface area contributed by atoms with Crippen molar-refractivity contribution in [3.05, 3.63) is 64.1 Å². The summed E-state index contributed by atoms with van der Waals surface area (Å²) in [7, 11) is 0. The van der Waals surface area contributed by atoms with Crippen LogP contribution < -0.4 is 15.8 Å². The molecule has 0 radical (unpaired) electrons. The number of pyridine rings is 1. The molecular weight excluding hydrogens is 320 g/mol. The number of carbonyl (C=O) groups is 2. The van der Waals surface area contributed by atoms with Gasteiger partial charge < -0.3 is 15.2 Å². The first-order valence-electron chi connectivity index (χ1n) is 7.19. The van der Waals surface area contributed by atoms with Crippen LogP contribution in [0.2, 0.25) is 0 Å². The Morgan fingerprint density at radius 3 is 2.58 bits per heavy atom. The maximum Gasteiger partial charge on any atom is 0.251 e. The largest absolute Gasteiger partial charge is 0.347 e. The fourth-order valence-electron chi connectivity index (χ4n) is 2.62. The molecule has 1 aliphatic rings. The summed E-state index contributed by atoms with van der Waals surface area (Å²) in [5.74, 6) is -2.71. The lowest BCUT2D eigenvalue weighted by atomic mass is 10.2. The lowest BCUT2D eigenvalue weighted by Crippen LogP contribution is -2.37. The van der Waals surface area contributed by atoms with Crippen LogP contribution in [0.15, 0.2) is 41.3 Å². The highest BCUT2D eigenvalue weighted by molar-refractivity contribution is 5.99. The van der Waals surface area contributed by atoms with Gasteiger partial charge in [0.25, 0.3) is 5.91 Å². The number of nitrogens with one attached hydrogen (secondary N) is 2. The number of anilines is 1. The zero-order valence-electron chi connectivity index (χ0n) is 12.4. The van der Waals surface area contributed by atoms with Gasteiger partial charge in [0.1, 0.15) is 17.3 Å². The van der Waals surface area contributed by atoms with Crippen molar-refractivity contribution in [1.29, 1.82) is 0 Å². The van der Waals surface area contributed by atoms with E-state index in [1.165, 1.54) is 18.3 Å². The van der Waals surface area contributed by atoms with E-state index in [2.05, 4.69) is 10.3 Å². The van der Waals surface area contributed by atoms with Crippen LogP contribution in [0.1, 0.15) is 16.8 Å². The first kappa shape index (κ1) is 15.9. The number of halogens is 2. The zero-order valence-corrected chi connectivity index (χ0v) is 12.4. The van der Waals surface area contributed by atoms with E-state index < -0.39 is 40.7 Å². The molecule has 8 heteroatoms. The second-order valence-electron chi connectivity index (χ2n) is 5.39. The molecule has 0 bridgehead atoms. The van der Waals surface area contributed by atoms with E-state index in [0.29, 0.717) is 0 Å². The van der Waals surface area contributed by atoms with Gasteiger partial charge in [-0.15, -0.1) is 0 Å². The minimum absolute atomic E-state index is 0.0500. The molecule has 0 spiro atoms. The van der Waals surface area contributed by atoms with Gasteiger partial charge in [0.2, 0.25) is 11.5 Å². The van der Waals surface area contributed by atoms with Gasteiger partial charge >= 0.3 is 0 Å². The maximum atomic E-state index is 13.8. The third-order valence-electron chi connectivity index (χ3n) is 3.70. The SMILES string of the molecule is O=C(N[C@H]1CC(=O)N(c2c(F)cccc2F)C1)c1cc[nH]c(=O)c1.